The van der Waals surface area contributed by atoms with Crippen molar-refractivity contribution in [3.8, 4) is 44.5 Å². The highest BCUT2D eigenvalue weighted by molar-refractivity contribution is 9.10. The number of halogens is 1. The minimum atomic E-state index is -0.386. The summed E-state index contributed by atoms with van der Waals surface area (Å²) < 4.78 is 1.11. The van der Waals surface area contributed by atoms with Gasteiger partial charge in [-0.2, -0.15) is 0 Å². The van der Waals surface area contributed by atoms with Crippen molar-refractivity contribution in [3.05, 3.63) is 364 Å². The predicted molar refractivity (Wildman–Crippen MR) is 338 cm³/mol. The zero-order chi connectivity index (χ0) is 54.0. The molecule has 3 N–H and O–H groups in total. The molecule has 2 nitrogen and oxygen atoms in total. The van der Waals surface area contributed by atoms with Crippen LogP contribution >= 0.6 is 15.9 Å². The Bertz CT molecular complexity index is 3840. The summed E-state index contributed by atoms with van der Waals surface area (Å²) in [7, 11) is 0. The van der Waals surface area contributed by atoms with Crippen LogP contribution in [0.15, 0.2) is 320 Å². The van der Waals surface area contributed by atoms with Gasteiger partial charge in [0.15, 0.2) is 0 Å². The van der Waals surface area contributed by atoms with Crippen molar-refractivity contribution in [1.29, 1.82) is 0 Å². The van der Waals surface area contributed by atoms with Crippen LogP contribution in [0, 0.1) is 0 Å². The van der Waals surface area contributed by atoms with Crippen LogP contribution in [0.3, 0.4) is 0 Å². The van der Waals surface area contributed by atoms with Crippen LogP contribution in [0.25, 0.3) is 44.5 Å². The van der Waals surface area contributed by atoms with Crippen LogP contribution in [-0.4, -0.2) is 0 Å². The Labute approximate surface area is 474 Å². The Kier molecular flexibility index (Phi) is 15.4. The third-order valence-corrected chi connectivity index (χ3v) is 15.7. The molecular weight excluding hydrogens is 1020 g/mol. The van der Waals surface area contributed by atoms with Gasteiger partial charge in [0.25, 0.3) is 0 Å². The van der Waals surface area contributed by atoms with Gasteiger partial charge in [-0.1, -0.05) is 297 Å². The van der Waals surface area contributed by atoms with Gasteiger partial charge in [0, 0.05) is 21.5 Å². The first-order valence-electron chi connectivity index (χ1n) is 27.2. The molecule has 0 saturated carbocycles. The minimum Gasteiger partial charge on any atom is -0.399 e. The molecule has 2 aliphatic rings. The number of rotatable bonds is 8. The van der Waals surface area contributed by atoms with E-state index in [0.29, 0.717) is 0 Å². The number of fused-ring (bicyclic) bond motifs is 6. The fourth-order valence-electron chi connectivity index (χ4n) is 11.8. The number of hydrogen-bond acceptors (Lipinski definition) is 2. The molecule has 0 bridgehead atoms. The van der Waals surface area contributed by atoms with Crippen molar-refractivity contribution in [3.63, 3.8) is 0 Å². The Morgan fingerprint density at radius 3 is 1.00 bits per heavy atom. The van der Waals surface area contributed by atoms with E-state index in [4.69, 9.17) is 5.73 Å². The largest absolute Gasteiger partial charge is 0.399 e. The normalized spacial score (nSPS) is 12.5. The molecular formula is C76H61BrN2. The van der Waals surface area contributed by atoms with Gasteiger partial charge < -0.3 is 11.1 Å². The summed E-state index contributed by atoms with van der Waals surface area (Å²) in [6.45, 7) is 4.00. The van der Waals surface area contributed by atoms with Gasteiger partial charge in [-0.25, -0.2) is 0 Å². The lowest BCUT2D eigenvalue weighted by Gasteiger charge is -2.34. The van der Waals surface area contributed by atoms with E-state index in [2.05, 4.69) is 294 Å². The van der Waals surface area contributed by atoms with Crippen molar-refractivity contribution in [1.82, 2.24) is 0 Å². The lowest BCUT2D eigenvalue weighted by Crippen LogP contribution is -2.28. The predicted octanol–water partition coefficient (Wildman–Crippen LogP) is 20.2. The maximum absolute atomic E-state index is 5.60. The van der Waals surface area contributed by atoms with E-state index >= 15 is 0 Å². The fourth-order valence-corrected chi connectivity index (χ4v) is 12.1. The minimum absolute atomic E-state index is 0.293. The molecule has 0 fully saturated rings. The van der Waals surface area contributed by atoms with Crippen molar-refractivity contribution >= 4 is 33.0 Å². The molecule has 12 aromatic carbocycles. The summed E-state index contributed by atoms with van der Waals surface area (Å²) in [5.41, 5.74) is 28.5. The average molecular weight is 1080 g/mol. The summed E-state index contributed by atoms with van der Waals surface area (Å²) in [6, 6.07) is 112. The van der Waals surface area contributed by atoms with E-state index in [-0.39, 0.29) is 10.8 Å². The van der Waals surface area contributed by atoms with Crippen LogP contribution in [0.1, 0.15) is 58.4 Å². The second-order valence-corrected chi connectivity index (χ2v) is 20.5. The van der Waals surface area contributed by atoms with Gasteiger partial charge in [0.2, 0.25) is 0 Å². The fraction of sp³-hybridized carbons (Fsp3) is 0.0526. The number of nitrogens with one attached hydrogen (secondary N) is 1. The Morgan fingerprint density at radius 2 is 0.582 bits per heavy atom. The molecule has 0 unspecified atom stereocenters. The highest BCUT2D eigenvalue weighted by atomic mass is 79.9. The molecule has 382 valence electrons. The van der Waals surface area contributed by atoms with E-state index < -0.39 is 0 Å². The van der Waals surface area contributed by atoms with Crippen LogP contribution in [0.2, 0.25) is 0 Å². The maximum Gasteiger partial charge on any atom is 0.0714 e. The lowest BCUT2D eigenvalue weighted by molar-refractivity contribution is 0.768. The molecule has 2 aliphatic carbocycles. The van der Waals surface area contributed by atoms with E-state index in [1.807, 2.05) is 56.3 Å². The molecule has 0 spiro atoms. The third-order valence-electron chi connectivity index (χ3n) is 15.2. The van der Waals surface area contributed by atoms with Crippen LogP contribution in [-0.2, 0) is 10.8 Å². The summed E-state index contributed by atoms with van der Waals surface area (Å²) in [5.74, 6) is 0. The second-order valence-electron chi connectivity index (χ2n) is 19.6. The molecule has 12 aromatic rings. The number of nitrogen functional groups attached to an aromatic ring is 1. The SMILES string of the molecule is Brc1ccc2c(c1)C(c1ccccc1)(c1ccccc1)c1ccccc1-2.CC.Nc1ccc(-c2ccccc2)cc1.c1ccc(-c2ccc(Nc3ccc4c(c3)C(c3ccccc3)(c3ccccc3)c3ccccc3-4)cc2)cc1. The molecule has 0 aromatic heterocycles. The molecule has 0 heterocycles. The molecule has 14 rings (SSSR count). The standard InChI is InChI=1S/C37H27N.C25H17Br.C12H11N.C2H6/c1-4-12-27(13-5-1)28-20-22-31(23-21-28)38-32-24-25-34-33-18-10-11-19-35(33)37(36(34)26-32,29-14-6-2-7-15-29)30-16-8-3-9-17-30;26-20-15-16-22-21-13-7-8-14-23(21)25(24(22)17-20,18-9-3-1-4-10-18)19-11-5-2-6-12-19;13-12-8-6-11(7-9-12)10-4-2-1-3-5-10;1-2/h1-26,38H;1-17H;1-9H,13H2;1-2H3. The third kappa shape index (κ3) is 10.0. The molecule has 0 saturated heterocycles. The monoisotopic (exact) mass is 1080 g/mol. The summed E-state index contributed by atoms with van der Waals surface area (Å²) in [5, 5.41) is 3.68. The van der Waals surface area contributed by atoms with Gasteiger partial charge >= 0.3 is 0 Å². The number of benzene rings is 12. The average Bonchev–Trinajstić information content (AvgIpc) is 3.74. The topological polar surface area (TPSA) is 38.0 Å². The first-order chi connectivity index (χ1) is 39.0. The zero-order valence-electron chi connectivity index (χ0n) is 44.5. The number of anilines is 3. The number of nitrogens with two attached hydrogens (primary N) is 1. The van der Waals surface area contributed by atoms with E-state index in [9.17, 15) is 0 Å². The molecule has 0 amide bonds. The van der Waals surface area contributed by atoms with Crippen molar-refractivity contribution in [2.75, 3.05) is 11.1 Å². The van der Waals surface area contributed by atoms with Crippen molar-refractivity contribution in [2.24, 2.45) is 0 Å². The number of hydrogen-bond donors (Lipinski definition) is 2. The molecule has 3 heteroatoms. The molecule has 79 heavy (non-hydrogen) atoms. The van der Waals surface area contributed by atoms with Crippen LogP contribution in [0.4, 0.5) is 17.1 Å². The van der Waals surface area contributed by atoms with E-state index in [0.717, 1.165) is 21.5 Å². The zero-order valence-corrected chi connectivity index (χ0v) is 46.1. The van der Waals surface area contributed by atoms with Gasteiger partial charge in [-0.05, 0) is 138 Å². The maximum atomic E-state index is 5.60. The Balaban J connectivity index is 0.000000138. The smallest absolute Gasteiger partial charge is 0.0714 e. The first-order valence-corrected chi connectivity index (χ1v) is 28.0. The molecule has 0 aliphatic heterocycles. The quantitative estimate of drug-likeness (QED) is 0.149. The van der Waals surface area contributed by atoms with Gasteiger partial charge in [-0.15, -0.1) is 0 Å². The summed E-state index contributed by atoms with van der Waals surface area (Å²) in [6.07, 6.45) is 0. The van der Waals surface area contributed by atoms with Gasteiger partial charge in [0.05, 0.1) is 10.8 Å². The summed E-state index contributed by atoms with van der Waals surface area (Å²) >= 11 is 3.71. The Morgan fingerprint density at radius 1 is 0.278 bits per heavy atom. The second kappa shape index (κ2) is 23.5. The van der Waals surface area contributed by atoms with E-state index in [1.54, 1.807) is 0 Å². The van der Waals surface area contributed by atoms with Gasteiger partial charge in [-0.3, -0.25) is 0 Å². The lowest BCUT2D eigenvalue weighted by atomic mass is 9.67. The van der Waals surface area contributed by atoms with Crippen LogP contribution < -0.4 is 11.1 Å². The van der Waals surface area contributed by atoms with Crippen LogP contribution in [0.5, 0.6) is 0 Å². The highest BCUT2D eigenvalue weighted by Gasteiger charge is 2.47. The Hall–Kier alpha value is -9.28. The van der Waals surface area contributed by atoms with Crippen molar-refractivity contribution in [2.45, 2.75) is 24.7 Å². The highest BCUT2D eigenvalue weighted by Crippen LogP contribution is 2.58. The van der Waals surface area contributed by atoms with E-state index in [1.165, 1.54) is 89.0 Å². The van der Waals surface area contributed by atoms with Gasteiger partial charge in [0.1, 0.15) is 0 Å². The molecule has 0 atom stereocenters. The van der Waals surface area contributed by atoms with Crippen molar-refractivity contribution < 1.29 is 0 Å². The first kappa shape index (κ1) is 51.8. The molecule has 0 radical (unpaired) electrons. The summed E-state index contributed by atoms with van der Waals surface area (Å²) in [4.78, 5) is 0.